The van der Waals surface area contributed by atoms with Crippen molar-refractivity contribution in [3.8, 4) is 0 Å². The van der Waals surface area contributed by atoms with Gasteiger partial charge >= 0.3 is 0 Å². The fraction of sp³-hybridized carbons (Fsp3) is 1.00. The molecule has 2 saturated carbocycles. The number of fused-ring (bicyclic) bond motifs is 2. The molecule has 0 aromatic heterocycles. The van der Waals surface area contributed by atoms with Gasteiger partial charge in [0.25, 0.3) is 0 Å². The Kier molecular flexibility index (Phi) is 3.95. The summed E-state index contributed by atoms with van der Waals surface area (Å²) in [7, 11) is 0. The van der Waals surface area contributed by atoms with Crippen LogP contribution in [0.25, 0.3) is 0 Å². The average Bonchev–Trinajstić information content (AvgIpc) is 3.01. The lowest BCUT2D eigenvalue weighted by molar-refractivity contribution is -0.00353. The third-order valence-corrected chi connectivity index (χ3v) is 5.76. The van der Waals surface area contributed by atoms with Gasteiger partial charge in [-0.15, -0.1) is 0 Å². The molecule has 1 saturated heterocycles. The molecule has 1 N–H and O–H groups in total. The molecule has 3 rings (SSSR count). The summed E-state index contributed by atoms with van der Waals surface area (Å²) in [6.07, 6.45) is 10.2. The van der Waals surface area contributed by atoms with Crippen LogP contribution >= 0.6 is 0 Å². The number of hydrogen-bond acceptors (Lipinski definition) is 2. The van der Waals surface area contributed by atoms with Gasteiger partial charge in [-0.25, -0.2) is 0 Å². The molecule has 6 atom stereocenters. The largest absolute Gasteiger partial charge is 0.378 e. The zero-order valence-electron chi connectivity index (χ0n) is 12.0. The molecule has 0 aromatic carbocycles. The second-order valence-electron chi connectivity index (χ2n) is 6.92. The van der Waals surface area contributed by atoms with E-state index < -0.39 is 0 Å². The van der Waals surface area contributed by atoms with Crippen LogP contribution in [0, 0.1) is 17.8 Å². The molecule has 1 heterocycles. The molecule has 3 fully saturated rings. The van der Waals surface area contributed by atoms with E-state index in [1.54, 1.807) is 0 Å². The highest BCUT2D eigenvalue weighted by Crippen LogP contribution is 2.49. The van der Waals surface area contributed by atoms with Crippen molar-refractivity contribution in [2.45, 2.75) is 77.0 Å². The number of nitrogens with one attached hydrogen (secondary N) is 1. The van der Waals surface area contributed by atoms with Gasteiger partial charge in [-0.1, -0.05) is 13.3 Å². The normalized spacial score (nSPS) is 45.3. The average molecular weight is 251 g/mol. The topological polar surface area (TPSA) is 21.3 Å². The molecule has 3 aliphatic rings. The summed E-state index contributed by atoms with van der Waals surface area (Å²) in [5.41, 5.74) is 0. The van der Waals surface area contributed by atoms with Crippen molar-refractivity contribution in [3.05, 3.63) is 0 Å². The van der Waals surface area contributed by atoms with Crippen molar-refractivity contribution in [2.75, 3.05) is 6.61 Å². The quantitative estimate of drug-likeness (QED) is 0.827. The van der Waals surface area contributed by atoms with Gasteiger partial charge in [0.2, 0.25) is 0 Å². The Morgan fingerprint density at radius 2 is 2.06 bits per heavy atom. The lowest BCUT2D eigenvalue weighted by Gasteiger charge is -2.35. The molecule has 2 heteroatoms. The Morgan fingerprint density at radius 1 is 1.17 bits per heavy atom. The summed E-state index contributed by atoms with van der Waals surface area (Å²) < 4.78 is 5.77. The van der Waals surface area contributed by atoms with Crippen molar-refractivity contribution in [1.82, 2.24) is 5.32 Å². The summed E-state index contributed by atoms with van der Waals surface area (Å²) in [6.45, 7) is 5.63. The van der Waals surface area contributed by atoms with E-state index in [9.17, 15) is 0 Å². The molecule has 2 nitrogen and oxygen atoms in total. The lowest BCUT2D eigenvalue weighted by atomic mass is 9.83. The molecule has 2 aliphatic carbocycles. The molecule has 104 valence electrons. The number of rotatable bonds is 4. The van der Waals surface area contributed by atoms with Crippen molar-refractivity contribution in [3.63, 3.8) is 0 Å². The highest BCUT2D eigenvalue weighted by molar-refractivity contribution is 4.95. The summed E-state index contributed by atoms with van der Waals surface area (Å²) >= 11 is 0. The molecule has 0 radical (unpaired) electrons. The van der Waals surface area contributed by atoms with E-state index in [2.05, 4.69) is 19.2 Å². The molecule has 1 aliphatic heterocycles. The van der Waals surface area contributed by atoms with Gasteiger partial charge < -0.3 is 10.1 Å². The predicted molar refractivity (Wildman–Crippen MR) is 74.6 cm³/mol. The molecular formula is C16H29NO. The molecule has 2 bridgehead atoms. The van der Waals surface area contributed by atoms with Gasteiger partial charge in [0.1, 0.15) is 0 Å². The molecule has 18 heavy (non-hydrogen) atoms. The highest BCUT2D eigenvalue weighted by Gasteiger charge is 2.42. The summed E-state index contributed by atoms with van der Waals surface area (Å²) in [4.78, 5) is 0. The highest BCUT2D eigenvalue weighted by atomic mass is 16.5. The number of ether oxygens (including phenoxy) is 1. The Hall–Kier alpha value is -0.0800. The standard InChI is InChI=1S/C16H29NO/c1-3-15-10-14(6-7-18-15)17-11(2)16-9-12-4-5-13(16)8-12/h11-17H,3-10H2,1-2H3. The maximum absolute atomic E-state index is 5.77. The number of hydrogen-bond donors (Lipinski definition) is 1. The van der Waals surface area contributed by atoms with E-state index >= 15 is 0 Å². The molecule has 0 amide bonds. The zero-order valence-corrected chi connectivity index (χ0v) is 12.0. The van der Waals surface area contributed by atoms with Crippen molar-refractivity contribution < 1.29 is 4.74 Å². The molecule has 6 unspecified atom stereocenters. The first kappa shape index (κ1) is 12.9. The monoisotopic (exact) mass is 251 g/mol. The second-order valence-corrected chi connectivity index (χ2v) is 6.92. The Bertz CT molecular complexity index is 280. The maximum Gasteiger partial charge on any atom is 0.0587 e. The van der Waals surface area contributed by atoms with Gasteiger partial charge in [0, 0.05) is 18.7 Å². The van der Waals surface area contributed by atoms with Gasteiger partial charge in [0.15, 0.2) is 0 Å². The van der Waals surface area contributed by atoms with E-state index in [1.807, 2.05) is 0 Å². The van der Waals surface area contributed by atoms with E-state index in [0.717, 1.165) is 30.4 Å². The summed E-state index contributed by atoms with van der Waals surface area (Å²) in [5, 5.41) is 3.93. The van der Waals surface area contributed by atoms with Crippen molar-refractivity contribution in [1.29, 1.82) is 0 Å². The molecule has 0 aromatic rings. The lowest BCUT2D eigenvalue weighted by Crippen LogP contribution is -2.46. The summed E-state index contributed by atoms with van der Waals surface area (Å²) in [6, 6.07) is 1.43. The Labute approximate surface area is 112 Å². The minimum atomic E-state index is 0.503. The van der Waals surface area contributed by atoms with Crippen LogP contribution in [0.2, 0.25) is 0 Å². The van der Waals surface area contributed by atoms with Crippen LogP contribution in [0.4, 0.5) is 0 Å². The first-order valence-corrected chi connectivity index (χ1v) is 8.14. The van der Waals surface area contributed by atoms with Crippen molar-refractivity contribution >= 4 is 0 Å². The van der Waals surface area contributed by atoms with Crippen LogP contribution in [-0.2, 0) is 4.74 Å². The van der Waals surface area contributed by atoms with Crippen LogP contribution in [-0.4, -0.2) is 24.8 Å². The summed E-state index contributed by atoms with van der Waals surface area (Å²) in [5.74, 6) is 3.08. The first-order chi connectivity index (χ1) is 8.76. The SMILES string of the molecule is CCC1CC(NC(C)C2CC3CCC2C3)CCO1. The third-order valence-electron chi connectivity index (χ3n) is 5.76. The minimum absolute atomic E-state index is 0.503. The van der Waals surface area contributed by atoms with E-state index in [1.165, 1.54) is 44.9 Å². The van der Waals surface area contributed by atoms with Gasteiger partial charge in [-0.2, -0.15) is 0 Å². The van der Waals surface area contributed by atoms with Gasteiger partial charge in [-0.3, -0.25) is 0 Å². The maximum atomic E-state index is 5.77. The van der Waals surface area contributed by atoms with E-state index in [4.69, 9.17) is 4.74 Å². The van der Waals surface area contributed by atoms with E-state index in [-0.39, 0.29) is 0 Å². The van der Waals surface area contributed by atoms with Crippen molar-refractivity contribution in [2.24, 2.45) is 17.8 Å². The second kappa shape index (κ2) is 5.50. The Morgan fingerprint density at radius 3 is 2.72 bits per heavy atom. The Balaban J connectivity index is 1.50. The fourth-order valence-corrected chi connectivity index (χ4v) is 4.72. The van der Waals surface area contributed by atoms with Crippen LogP contribution in [0.15, 0.2) is 0 Å². The van der Waals surface area contributed by atoms with Crippen LogP contribution < -0.4 is 5.32 Å². The fourth-order valence-electron chi connectivity index (χ4n) is 4.72. The minimum Gasteiger partial charge on any atom is -0.378 e. The zero-order chi connectivity index (χ0) is 12.5. The van der Waals surface area contributed by atoms with Crippen LogP contribution in [0.5, 0.6) is 0 Å². The van der Waals surface area contributed by atoms with Gasteiger partial charge in [-0.05, 0) is 63.2 Å². The van der Waals surface area contributed by atoms with E-state index in [0.29, 0.717) is 12.1 Å². The van der Waals surface area contributed by atoms with Crippen LogP contribution in [0.1, 0.15) is 58.8 Å². The molecular weight excluding hydrogens is 222 g/mol. The smallest absolute Gasteiger partial charge is 0.0587 e. The first-order valence-electron chi connectivity index (χ1n) is 8.14. The third kappa shape index (κ3) is 2.60. The predicted octanol–water partition coefficient (Wildman–Crippen LogP) is 3.36. The molecule has 0 spiro atoms. The van der Waals surface area contributed by atoms with Gasteiger partial charge in [0.05, 0.1) is 6.10 Å². The van der Waals surface area contributed by atoms with Crippen LogP contribution in [0.3, 0.4) is 0 Å².